The van der Waals surface area contributed by atoms with E-state index in [2.05, 4.69) is 10.2 Å². The Morgan fingerprint density at radius 2 is 1.59 bits per heavy atom. The standard InChI is InChI=1S/C18H15N3O/c19-18-14(11-10-13-6-2-1-3-7-13)12-16(20-21-18)15-8-4-5-9-17(15)22/h1-12,22H,(H2,19,21). The third-order valence-corrected chi connectivity index (χ3v) is 3.29. The Labute approximate surface area is 128 Å². The van der Waals surface area contributed by atoms with E-state index in [9.17, 15) is 5.11 Å². The number of nitrogen functional groups attached to an aromatic ring is 1. The molecular formula is C18H15N3O. The normalized spacial score (nSPS) is 10.9. The number of phenolic OH excluding ortho intramolecular Hbond substituents is 1. The number of para-hydroxylation sites is 1. The van der Waals surface area contributed by atoms with Gasteiger partial charge in [-0.1, -0.05) is 54.6 Å². The van der Waals surface area contributed by atoms with E-state index in [-0.39, 0.29) is 5.75 Å². The van der Waals surface area contributed by atoms with Gasteiger partial charge in [-0.3, -0.25) is 0 Å². The zero-order valence-electron chi connectivity index (χ0n) is 11.8. The summed E-state index contributed by atoms with van der Waals surface area (Å²) in [5.74, 6) is 0.519. The fraction of sp³-hybridized carbons (Fsp3) is 0. The molecule has 0 aliphatic rings. The Kier molecular flexibility index (Phi) is 3.83. The molecule has 0 amide bonds. The van der Waals surface area contributed by atoms with E-state index in [0.29, 0.717) is 17.1 Å². The van der Waals surface area contributed by atoms with Crippen molar-refractivity contribution in [2.24, 2.45) is 0 Å². The molecule has 0 bridgehead atoms. The largest absolute Gasteiger partial charge is 0.507 e. The average Bonchev–Trinajstić information content (AvgIpc) is 2.56. The minimum Gasteiger partial charge on any atom is -0.507 e. The van der Waals surface area contributed by atoms with E-state index in [0.717, 1.165) is 11.1 Å². The van der Waals surface area contributed by atoms with E-state index >= 15 is 0 Å². The Morgan fingerprint density at radius 1 is 0.864 bits per heavy atom. The van der Waals surface area contributed by atoms with Crippen molar-refractivity contribution < 1.29 is 5.11 Å². The minimum absolute atomic E-state index is 0.166. The van der Waals surface area contributed by atoms with Crippen molar-refractivity contribution in [3.05, 3.63) is 71.8 Å². The maximum absolute atomic E-state index is 9.92. The predicted molar refractivity (Wildman–Crippen MR) is 88.9 cm³/mol. The molecule has 0 aliphatic carbocycles. The molecule has 0 saturated carbocycles. The van der Waals surface area contributed by atoms with Crippen LogP contribution in [0.15, 0.2) is 60.7 Å². The van der Waals surface area contributed by atoms with Crippen molar-refractivity contribution >= 4 is 18.0 Å². The van der Waals surface area contributed by atoms with E-state index < -0.39 is 0 Å². The van der Waals surface area contributed by atoms with Gasteiger partial charge in [-0.05, 0) is 23.8 Å². The third-order valence-electron chi connectivity index (χ3n) is 3.29. The number of phenols is 1. The van der Waals surface area contributed by atoms with Crippen LogP contribution in [0.5, 0.6) is 5.75 Å². The van der Waals surface area contributed by atoms with Crippen molar-refractivity contribution in [2.75, 3.05) is 5.73 Å². The van der Waals surface area contributed by atoms with Gasteiger partial charge in [-0.2, -0.15) is 0 Å². The molecule has 22 heavy (non-hydrogen) atoms. The van der Waals surface area contributed by atoms with E-state index in [1.54, 1.807) is 18.2 Å². The van der Waals surface area contributed by atoms with Gasteiger partial charge in [0.2, 0.25) is 0 Å². The summed E-state index contributed by atoms with van der Waals surface area (Å²) in [5.41, 5.74) is 8.93. The molecule has 4 heteroatoms. The molecule has 108 valence electrons. The summed E-state index contributed by atoms with van der Waals surface area (Å²) in [5, 5.41) is 17.9. The van der Waals surface area contributed by atoms with Crippen molar-refractivity contribution in [1.29, 1.82) is 0 Å². The average molecular weight is 289 g/mol. The van der Waals surface area contributed by atoms with Crippen LogP contribution in [-0.2, 0) is 0 Å². The van der Waals surface area contributed by atoms with Gasteiger partial charge in [0.05, 0.1) is 5.69 Å². The number of aromatic hydroxyl groups is 1. The number of hydrogen-bond acceptors (Lipinski definition) is 4. The Morgan fingerprint density at radius 3 is 2.36 bits per heavy atom. The zero-order chi connectivity index (χ0) is 15.4. The number of anilines is 1. The summed E-state index contributed by atoms with van der Waals surface area (Å²) in [6.45, 7) is 0. The zero-order valence-corrected chi connectivity index (χ0v) is 11.8. The highest BCUT2D eigenvalue weighted by Gasteiger charge is 2.08. The highest BCUT2D eigenvalue weighted by Crippen LogP contribution is 2.28. The van der Waals surface area contributed by atoms with Gasteiger partial charge in [0, 0.05) is 11.1 Å². The molecule has 0 fully saturated rings. The van der Waals surface area contributed by atoms with Crippen LogP contribution in [-0.4, -0.2) is 15.3 Å². The lowest BCUT2D eigenvalue weighted by atomic mass is 10.1. The van der Waals surface area contributed by atoms with Crippen LogP contribution >= 0.6 is 0 Å². The van der Waals surface area contributed by atoms with Crippen LogP contribution in [0.25, 0.3) is 23.4 Å². The van der Waals surface area contributed by atoms with Gasteiger partial charge in [-0.15, -0.1) is 10.2 Å². The quantitative estimate of drug-likeness (QED) is 0.772. The van der Waals surface area contributed by atoms with Gasteiger partial charge < -0.3 is 10.8 Å². The van der Waals surface area contributed by atoms with Crippen LogP contribution in [0, 0.1) is 0 Å². The van der Waals surface area contributed by atoms with Crippen LogP contribution in [0.2, 0.25) is 0 Å². The molecule has 3 N–H and O–H groups in total. The Hall–Kier alpha value is -3.14. The van der Waals surface area contributed by atoms with Gasteiger partial charge in [0.25, 0.3) is 0 Å². The van der Waals surface area contributed by atoms with Crippen LogP contribution in [0.1, 0.15) is 11.1 Å². The molecule has 0 atom stereocenters. The molecule has 0 radical (unpaired) electrons. The molecule has 0 unspecified atom stereocenters. The number of nitrogens with zero attached hydrogens (tertiary/aromatic N) is 2. The first-order valence-corrected chi connectivity index (χ1v) is 6.89. The summed E-state index contributed by atoms with van der Waals surface area (Å²) >= 11 is 0. The second kappa shape index (κ2) is 6.10. The Bertz CT molecular complexity index is 814. The van der Waals surface area contributed by atoms with Gasteiger partial charge in [-0.25, -0.2) is 0 Å². The second-order valence-electron chi connectivity index (χ2n) is 4.83. The summed E-state index contributed by atoms with van der Waals surface area (Å²) in [7, 11) is 0. The van der Waals surface area contributed by atoms with E-state index in [1.165, 1.54) is 0 Å². The lowest BCUT2D eigenvalue weighted by Gasteiger charge is -2.05. The summed E-state index contributed by atoms with van der Waals surface area (Å²) < 4.78 is 0. The van der Waals surface area contributed by atoms with Gasteiger partial charge in [0.15, 0.2) is 5.82 Å². The molecule has 4 nitrogen and oxygen atoms in total. The summed E-state index contributed by atoms with van der Waals surface area (Å²) in [6.07, 6.45) is 3.85. The first kappa shape index (κ1) is 13.8. The monoisotopic (exact) mass is 289 g/mol. The first-order chi connectivity index (χ1) is 10.7. The maximum Gasteiger partial charge on any atom is 0.153 e. The number of rotatable bonds is 3. The molecule has 3 aromatic rings. The van der Waals surface area contributed by atoms with Crippen molar-refractivity contribution in [2.45, 2.75) is 0 Å². The molecule has 1 aromatic heterocycles. The smallest absolute Gasteiger partial charge is 0.153 e. The third kappa shape index (κ3) is 2.96. The molecule has 0 saturated heterocycles. The molecule has 0 aliphatic heterocycles. The summed E-state index contributed by atoms with van der Waals surface area (Å²) in [6, 6.07) is 18.8. The van der Waals surface area contributed by atoms with Crippen molar-refractivity contribution in [3.63, 3.8) is 0 Å². The SMILES string of the molecule is Nc1nnc(-c2ccccc2O)cc1C=Cc1ccccc1. The molecule has 3 rings (SSSR count). The lowest BCUT2D eigenvalue weighted by molar-refractivity contribution is 0.477. The van der Waals surface area contributed by atoms with Gasteiger partial charge >= 0.3 is 0 Å². The minimum atomic E-state index is 0.166. The van der Waals surface area contributed by atoms with E-state index in [1.807, 2.05) is 54.6 Å². The maximum atomic E-state index is 9.92. The van der Waals surface area contributed by atoms with Crippen molar-refractivity contribution in [3.8, 4) is 17.0 Å². The van der Waals surface area contributed by atoms with Crippen molar-refractivity contribution in [1.82, 2.24) is 10.2 Å². The van der Waals surface area contributed by atoms with Crippen LogP contribution < -0.4 is 5.73 Å². The molecule has 0 spiro atoms. The van der Waals surface area contributed by atoms with Gasteiger partial charge in [0.1, 0.15) is 5.75 Å². The van der Waals surface area contributed by atoms with E-state index in [4.69, 9.17) is 5.73 Å². The summed E-state index contributed by atoms with van der Waals surface area (Å²) in [4.78, 5) is 0. The van der Waals surface area contributed by atoms with Crippen LogP contribution in [0.3, 0.4) is 0 Å². The number of hydrogen-bond donors (Lipinski definition) is 2. The molecule has 1 heterocycles. The van der Waals surface area contributed by atoms with Crippen LogP contribution in [0.4, 0.5) is 5.82 Å². The Balaban J connectivity index is 1.97. The number of aromatic nitrogens is 2. The number of benzene rings is 2. The lowest BCUT2D eigenvalue weighted by Crippen LogP contribution is -1.98. The fourth-order valence-corrected chi connectivity index (χ4v) is 2.12. The molecular weight excluding hydrogens is 274 g/mol. The highest BCUT2D eigenvalue weighted by molar-refractivity contribution is 5.77. The topological polar surface area (TPSA) is 72.0 Å². The second-order valence-corrected chi connectivity index (χ2v) is 4.83. The first-order valence-electron chi connectivity index (χ1n) is 6.89. The molecule has 2 aromatic carbocycles. The number of nitrogens with two attached hydrogens (primary N) is 1. The highest BCUT2D eigenvalue weighted by atomic mass is 16.3. The fourth-order valence-electron chi connectivity index (χ4n) is 2.12. The predicted octanol–water partition coefficient (Wildman–Crippen LogP) is 3.60.